The third-order valence-electron chi connectivity index (χ3n) is 1.94. The highest BCUT2D eigenvalue weighted by atomic mass is 32.2. The molecule has 69 valence electrons. The summed E-state index contributed by atoms with van der Waals surface area (Å²) >= 11 is 1.86. The Morgan fingerprint density at radius 3 is 2.36 bits per heavy atom. The van der Waals surface area contributed by atoms with Gasteiger partial charge in [0.15, 0.2) is 0 Å². The lowest BCUT2D eigenvalue weighted by Gasteiger charge is -2.00. The molecule has 1 radical (unpaired) electrons. The zero-order valence-electron chi connectivity index (χ0n) is 7.81. The van der Waals surface area contributed by atoms with Gasteiger partial charge >= 0.3 is 0 Å². The van der Waals surface area contributed by atoms with Crippen LogP contribution in [0.4, 0.5) is 0 Å². The van der Waals surface area contributed by atoms with Gasteiger partial charge in [0.2, 0.25) is 0 Å². The summed E-state index contributed by atoms with van der Waals surface area (Å²) in [7, 11) is 0. The van der Waals surface area contributed by atoms with Crippen molar-refractivity contribution in [3.05, 3.63) is 66.2 Å². The highest BCUT2D eigenvalue weighted by Gasteiger charge is 1.93. The smallest absolute Gasteiger partial charge is 0.0232 e. The van der Waals surface area contributed by atoms with E-state index in [2.05, 4.69) is 42.5 Å². The van der Waals surface area contributed by atoms with Crippen molar-refractivity contribution in [1.82, 2.24) is 0 Å². The average Bonchev–Trinajstić information content (AvgIpc) is 2.29. The first-order valence-corrected chi connectivity index (χ1v) is 5.56. The van der Waals surface area contributed by atoms with Crippen molar-refractivity contribution in [1.29, 1.82) is 0 Å². The summed E-state index contributed by atoms with van der Waals surface area (Å²) in [5, 5.41) is 0. The Hall–Kier alpha value is -1.21. The molecule has 0 heterocycles. The van der Waals surface area contributed by atoms with Crippen LogP contribution in [0.2, 0.25) is 0 Å². The molecule has 0 unspecified atom stereocenters. The highest BCUT2D eigenvalue weighted by Crippen LogP contribution is 2.21. The van der Waals surface area contributed by atoms with E-state index in [1.807, 2.05) is 30.0 Å². The summed E-state index contributed by atoms with van der Waals surface area (Å²) in [4.78, 5) is 1.32. The molecule has 0 saturated carbocycles. The maximum absolute atomic E-state index is 3.02. The van der Waals surface area contributed by atoms with Crippen molar-refractivity contribution in [3.63, 3.8) is 0 Å². The molecule has 0 saturated heterocycles. The van der Waals surface area contributed by atoms with Gasteiger partial charge in [-0.15, -0.1) is 11.8 Å². The Morgan fingerprint density at radius 1 is 0.929 bits per heavy atom. The summed E-state index contributed by atoms with van der Waals surface area (Å²) in [6.45, 7) is 0. The molecule has 1 heteroatoms. The van der Waals surface area contributed by atoms with E-state index < -0.39 is 0 Å². The first-order valence-electron chi connectivity index (χ1n) is 4.58. The largest absolute Gasteiger partial charge is 0.121 e. The highest BCUT2D eigenvalue weighted by molar-refractivity contribution is 7.98. The van der Waals surface area contributed by atoms with Crippen LogP contribution in [-0.4, -0.2) is 0 Å². The van der Waals surface area contributed by atoms with Gasteiger partial charge < -0.3 is 0 Å². The van der Waals surface area contributed by atoms with Crippen LogP contribution in [0.1, 0.15) is 5.56 Å². The van der Waals surface area contributed by atoms with Gasteiger partial charge in [-0.3, -0.25) is 0 Å². The topological polar surface area (TPSA) is 0 Å². The standard InChI is InChI=1S/C13H11S/c1-3-7-12(8-4-1)11-14-13-9-5-2-6-10-13/h2-10H,11H2. The molecule has 14 heavy (non-hydrogen) atoms. The minimum absolute atomic E-state index is 1.03. The summed E-state index contributed by atoms with van der Waals surface area (Å²) in [6, 6.07) is 21.6. The second kappa shape index (κ2) is 4.87. The van der Waals surface area contributed by atoms with Crippen molar-refractivity contribution in [2.24, 2.45) is 0 Å². The van der Waals surface area contributed by atoms with Gasteiger partial charge in [0.1, 0.15) is 0 Å². The fourth-order valence-electron chi connectivity index (χ4n) is 1.20. The molecule has 2 aromatic carbocycles. The Labute approximate surface area is 89.0 Å². The Balaban J connectivity index is 1.96. The van der Waals surface area contributed by atoms with Crippen molar-refractivity contribution >= 4 is 11.8 Å². The third kappa shape index (κ3) is 2.64. The number of hydrogen-bond acceptors (Lipinski definition) is 1. The van der Waals surface area contributed by atoms with Gasteiger partial charge in [-0.1, -0.05) is 42.5 Å². The molecule has 0 bridgehead atoms. The second-order valence-corrected chi connectivity index (χ2v) is 4.06. The lowest BCUT2D eigenvalue weighted by atomic mass is 10.2. The zero-order chi connectivity index (χ0) is 9.64. The van der Waals surface area contributed by atoms with Crippen LogP contribution in [0.5, 0.6) is 0 Å². The van der Waals surface area contributed by atoms with Crippen LogP contribution in [0.3, 0.4) is 0 Å². The summed E-state index contributed by atoms with van der Waals surface area (Å²) in [6.07, 6.45) is 0. The van der Waals surface area contributed by atoms with Crippen LogP contribution >= 0.6 is 11.8 Å². The van der Waals surface area contributed by atoms with Gasteiger partial charge in [-0.05, 0) is 23.8 Å². The van der Waals surface area contributed by atoms with E-state index in [0.29, 0.717) is 0 Å². The maximum atomic E-state index is 3.02. The van der Waals surface area contributed by atoms with E-state index >= 15 is 0 Å². The molecule has 0 nitrogen and oxygen atoms in total. The van der Waals surface area contributed by atoms with Crippen LogP contribution < -0.4 is 0 Å². The predicted octanol–water partition coefficient (Wildman–Crippen LogP) is 3.78. The maximum Gasteiger partial charge on any atom is 0.0232 e. The van der Waals surface area contributed by atoms with Gasteiger partial charge in [-0.2, -0.15) is 0 Å². The summed E-state index contributed by atoms with van der Waals surface area (Å²) < 4.78 is 0. The molecule has 0 aliphatic heterocycles. The molecule has 0 aliphatic carbocycles. The quantitative estimate of drug-likeness (QED) is 0.678. The fraction of sp³-hybridized carbons (Fsp3) is 0.0769. The molecule has 0 fully saturated rings. The van der Waals surface area contributed by atoms with Crippen molar-refractivity contribution in [2.75, 3.05) is 0 Å². The van der Waals surface area contributed by atoms with Crippen molar-refractivity contribution in [2.45, 2.75) is 10.6 Å². The Morgan fingerprint density at radius 2 is 1.64 bits per heavy atom. The number of hydrogen-bond donors (Lipinski definition) is 0. The molecule has 0 spiro atoms. The van der Waals surface area contributed by atoms with E-state index in [0.717, 1.165) is 5.75 Å². The van der Waals surface area contributed by atoms with Gasteiger partial charge in [-0.25, -0.2) is 0 Å². The molecule has 0 aliphatic rings. The van der Waals surface area contributed by atoms with Gasteiger partial charge in [0, 0.05) is 10.6 Å². The lowest BCUT2D eigenvalue weighted by Crippen LogP contribution is -1.78. The number of thioether (sulfide) groups is 1. The van der Waals surface area contributed by atoms with E-state index in [-0.39, 0.29) is 0 Å². The van der Waals surface area contributed by atoms with Gasteiger partial charge in [0.25, 0.3) is 0 Å². The predicted molar refractivity (Wildman–Crippen MR) is 61.3 cm³/mol. The minimum Gasteiger partial charge on any atom is -0.121 e. The van der Waals surface area contributed by atoms with Crippen LogP contribution in [0, 0.1) is 6.07 Å². The third-order valence-corrected chi connectivity index (χ3v) is 3.02. The normalized spacial score (nSPS) is 10.0. The Bertz CT molecular complexity index is 327. The number of rotatable bonds is 3. The van der Waals surface area contributed by atoms with Crippen LogP contribution in [0.25, 0.3) is 0 Å². The fourth-order valence-corrected chi connectivity index (χ4v) is 2.08. The number of benzene rings is 2. The molecule has 2 aromatic rings. The van der Waals surface area contributed by atoms with Crippen molar-refractivity contribution < 1.29 is 0 Å². The monoisotopic (exact) mass is 199 g/mol. The Kier molecular flexibility index (Phi) is 3.25. The summed E-state index contributed by atoms with van der Waals surface area (Å²) in [5.41, 5.74) is 1.35. The summed E-state index contributed by atoms with van der Waals surface area (Å²) in [5.74, 6) is 1.03. The molecule has 0 N–H and O–H groups in total. The first-order chi connectivity index (χ1) is 6.95. The SMILES string of the molecule is [c]1ccc(CSc2ccccc2)cc1. The molecular formula is C13H11S. The van der Waals surface area contributed by atoms with E-state index in [1.165, 1.54) is 10.5 Å². The average molecular weight is 199 g/mol. The molecule has 0 atom stereocenters. The van der Waals surface area contributed by atoms with Crippen molar-refractivity contribution in [3.8, 4) is 0 Å². The molecule has 0 amide bonds. The van der Waals surface area contributed by atoms with Crippen LogP contribution in [-0.2, 0) is 5.75 Å². The second-order valence-electron chi connectivity index (χ2n) is 3.01. The minimum atomic E-state index is 1.03. The van der Waals surface area contributed by atoms with Gasteiger partial charge in [0.05, 0.1) is 0 Å². The first kappa shape index (κ1) is 9.35. The van der Waals surface area contributed by atoms with E-state index in [4.69, 9.17) is 0 Å². The zero-order valence-corrected chi connectivity index (χ0v) is 8.63. The lowest BCUT2D eigenvalue weighted by molar-refractivity contribution is 1.38. The van der Waals surface area contributed by atoms with Crippen LogP contribution in [0.15, 0.2) is 59.5 Å². The van der Waals surface area contributed by atoms with E-state index in [1.54, 1.807) is 0 Å². The molecule has 2 rings (SSSR count). The van der Waals surface area contributed by atoms with E-state index in [9.17, 15) is 0 Å². The molecular weight excluding hydrogens is 188 g/mol. The molecule has 0 aromatic heterocycles.